The van der Waals surface area contributed by atoms with Crippen LogP contribution < -0.4 is 4.74 Å². The standard InChI is InChI=1S/C10H8ClN3OS/c1-16-10-13-8(11)5-9(14-10)15-7-3-2-4-12-6-7/h2-6H,1H3. The van der Waals surface area contributed by atoms with Crippen LogP contribution in [0, 0.1) is 0 Å². The molecule has 0 aliphatic rings. The van der Waals surface area contributed by atoms with Gasteiger partial charge in [-0.2, -0.15) is 4.98 Å². The third-order valence-electron chi connectivity index (χ3n) is 1.69. The van der Waals surface area contributed by atoms with Gasteiger partial charge in [-0.3, -0.25) is 4.98 Å². The van der Waals surface area contributed by atoms with Gasteiger partial charge in [-0.25, -0.2) is 4.98 Å². The van der Waals surface area contributed by atoms with Crippen molar-refractivity contribution in [1.29, 1.82) is 0 Å². The maximum Gasteiger partial charge on any atom is 0.224 e. The molecule has 0 aromatic carbocycles. The van der Waals surface area contributed by atoms with Crippen LogP contribution >= 0.6 is 23.4 Å². The van der Waals surface area contributed by atoms with Gasteiger partial charge in [0.1, 0.15) is 10.9 Å². The van der Waals surface area contributed by atoms with Crippen LogP contribution in [-0.4, -0.2) is 21.2 Å². The van der Waals surface area contributed by atoms with Crippen LogP contribution in [-0.2, 0) is 0 Å². The Morgan fingerprint density at radius 3 is 2.94 bits per heavy atom. The molecule has 2 aromatic rings. The lowest BCUT2D eigenvalue weighted by atomic mass is 10.5. The van der Waals surface area contributed by atoms with E-state index in [-0.39, 0.29) is 0 Å². The molecule has 0 amide bonds. The molecule has 0 aliphatic carbocycles. The molecule has 0 N–H and O–H groups in total. The second-order valence-corrected chi connectivity index (χ2v) is 3.97. The molecule has 0 saturated heterocycles. The summed E-state index contributed by atoms with van der Waals surface area (Å²) in [5.41, 5.74) is 0. The van der Waals surface area contributed by atoms with Gasteiger partial charge in [-0.1, -0.05) is 23.4 Å². The maximum atomic E-state index is 5.83. The molecule has 0 atom stereocenters. The van der Waals surface area contributed by atoms with Gasteiger partial charge >= 0.3 is 0 Å². The minimum atomic E-state index is 0.359. The predicted octanol–water partition coefficient (Wildman–Crippen LogP) is 3.04. The minimum absolute atomic E-state index is 0.359. The Morgan fingerprint density at radius 1 is 1.38 bits per heavy atom. The van der Waals surface area contributed by atoms with Crippen molar-refractivity contribution < 1.29 is 4.74 Å². The highest BCUT2D eigenvalue weighted by atomic mass is 35.5. The van der Waals surface area contributed by atoms with Crippen LogP contribution in [0.2, 0.25) is 5.15 Å². The number of thioether (sulfide) groups is 1. The lowest BCUT2D eigenvalue weighted by Crippen LogP contribution is -1.92. The minimum Gasteiger partial charge on any atom is -0.437 e. The van der Waals surface area contributed by atoms with Crippen molar-refractivity contribution in [2.75, 3.05) is 6.26 Å². The zero-order chi connectivity index (χ0) is 11.4. The van der Waals surface area contributed by atoms with Crippen molar-refractivity contribution in [2.24, 2.45) is 0 Å². The summed E-state index contributed by atoms with van der Waals surface area (Å²) in [6.07, 6.45) is 5.15. The van der Waals surface area contributed by atoms with Crippen molar-refractivity contribution in [3.8, 4) is 11.6 Å². The molecule has 2 aromatic heterocycles. The summed E-state index contributed by atoms with van der Waals surface area (Å²) in [6, 6.07) is 5.14. The highest BCUT2D eigenvalue weighted by Gasteiger charge is 2.04. The van der Waals surface area contributed by atoms with E-state index in [2.05, 4.69) is 15.0 Å². The Hall–Kier alpha value is -1.33. The second kappa shape index (κ2) is 5.14. The molecular weight excluding hydrogens is 246 g/mol. The SMILES string of the molecule is CSc1nc(Cl)cc(Oc2cccnc2)n1. The van der Waals surface area contributed by atoms with Crippen LogP contribution in [0.3, 0.4) is 0 Å². The highest BCUT2D eigenvalue weighted by Crippen LogP contribution is 2.23. The van der Waals surface area contributed by atoms with Crippen LogP contribution in [0.5, 0.6) is 11.6 Å². The summed E-state index contributed by atoms with van der Waals surface area (Å²) in [5, 5.41) is 0.935. The van der Waals surface area contributed by atoms with Gasteiger partial charge in [0.05, 0.1) is 6.20 Å². The maximum absolute atomic E-state index is 5.83. The van der Waals surface area contributed by atoms with E-state index in [0.717, 1.165) is 0 Å². The fourth-order valence-electron chi connectivity index (χ4n) is 1.05. The largest absolute Gasteiger partial charge is 0.437 e. The van der Waals surface area contributed by atoms with Gasteiger partial charge in [0.25, 0.3) is 0 Å². The molecule has 0 spiro atoms. The molecule has 6 heteroatoms. The summed E-state index contributed by atoms with van der Waals surface area (Å²) < 4.78 is 5.49. The van der Waals surface area contributed by atoms with Gasteiger partial charge in [0, 0.05) is 12.3 Å². The third kappa shape index (κ3) is 2.84. The molecule has 2 rings (SSSR count). The number of hydrogen-bond donors (Lipinski definition) is 0. The Morgan fingerprint density at radius 2 is 2.25 bits per heavy atom. The first kappa shape index (κ1) is 11.2. The lowest BCUT2D eigenvalue weighted by Gasteiger charge is -2.05. The molecule has 0 bridgehead atoms. The Kier molecular flexibility index (Phi) is 3.58. The Balaban J connectivity index is 2.24. The van der Waals surface area contributed by atoms with Gasteiger partial charge in [0.2, 0.25) is 5.88 Å². The first-order valence-corrected chi connectivity index (χ1v) is 6.04. The average Bonchev–Trinajstić information content (AvgIpc) is 2.29. The molecule has 0 saturated carbocycles. The number of pyridine rings is 1. The molecule has 4 nitrogen and oxygen atoms in total. The van der Waals surface area contributed by atoms with Crippen molar-refractivity contribution >= 4 is 23.4 Å². The highest BCUT2D eigenvalue weighted by molar-refractivity contribution is 7.98. The number of aromatic nitrogens is 3. The van der Waals surface area contributed by atoms with Crippen molar-refractivity contribution in [2.45, 2.75) is 5.16 Å². The molecule has 2 heterocycles. The van der Waals surface area contributed by atoms with Crippen LogP contribution in [0.25, 0.3) is 0 Å². The molecule has 16 heavy (non-hydrogen) atoms. The van der Waals surface area contributed by atoms with Gasteiger partial charge in [-0.05, 0) is 18.4 Å². The van der Waals surface area contributed by atoms with E-state index >= 15 is 0 Å². The summed E-state index contributed by atoms with van der Waals surface area (Å²) in [6.45, 7) is 0. The zero-order valence-electron chi connectivity index (χ0n) is 8.42. The van der Waals surface area contributed by atoms with Crippen molar-refractivity contribution in [3.05, 3.63) is 35.7 Å². The monoisotopic (exact) mass is 253 g/mol. The predicted molar refractivity (Wildman–Crippen MR) is 63.1 cm³/mol. The summed E-state index contributed by atoms with van der Waals surface area (Å²) in [5.74, 6) is 1.03. The Labute approximate surface area is 102 Å². The summed E-state index contributed by atoms with van der Waals surface area (Å²) >= 11 is 7.24. The molecule has 0 radical (unpaired) electrons. The second-order valence-electron chi connectivity index (χ2n) is 2.81. The summed E-state index contributed by atoms with van der Waals surface area (Å²) in [4.78, 5) is 12.1. The van der Waals surface area contributed by atoms with Crippen LogP contribution in [0.4, 0.5) is 0 Å². The van der Waals surface area contributed by atoms with E-state index in [0.29, 0.717) is 21.9 Å². The van der Waals surface area contributed by atoms with Crippen LogP contribution in [0.15, 0.2) is 35.7 Å². The number of ether oxygens (including phenoxy) is 1. The van der Waals surface area contributed by atoms with E-state index in [1.54, 1.807) is 30.6 Å². The fraction of sp³-hybridized carbons (Fsp3) is 0.100. The molecule has 0 aliphatic heterocycles. The van der Waals surface area contributed by atoms with E-state index < -0.39 is 0 Å². The zero-order valence-corrected chi connectivity index (χ0v) is 10.00. The fourth-order valence-corrected chi connectivity index (χ4v) is 1.64. The van der Waals surface area contributed by atoms with Crippen molar-refractivity contribution in [1.82, 2.24) is 15.0 Å². The molecule has 82 valence electrons. The third-order valence-corrected chi connectivity index (χ3v) is 2.43. The van der Waals surface area contributed by atoms with Gasteiger partial charge < -0.3 is 4.74 Å². The van der Waals surface area contributed by atoms with Crippen LogP contribution in [0.1, 0.15) is 0 Å². The van der Waals surface area contributed by atoms with E-state index in [1.807, 2.05) is 6.26 Å². The first-order chi connectivity index (χ1) is 7.78. The van der Waals surface area contributed by atoms with E-state index in [1.165, 1.54) is 11.8 Å². The average molecular weight is 254 g/mol. The lowest BCUT2D eigenvalue weighted by molar-refractivity contribution is 0.453. The Bertz CT molecular complexity index is 481. The number of halogens is 1. The number of nitrogens with zero attached hydrogens (tertiary/aromatic N) is 3. The topological polar surface area (TPSA) is 47.9 Å². The van der Waals surface area contributed by atoms with Crippen molar-refractivity contribution in [3.63, 3.8) is 0 Å². The number of hydrogen-bond acceptors (Lipinski definition) is 5. The first-order valence-electron chi connectivity index (χ1n) is 4.44. The van der Waals surface area contributed by atoms with E-state index in [9.17, 15) is 0 Å². The van der Waals surface area contributed by atoms with Gasteiger partial charge in [-0.15, -0.1) is 0 Å². The number of rotatable bonds is 3. The smallest absolute Gasteiger partial charge is 0.224 e. The van der Waals surface area contributed by atoms with E-state index in [4.69, 9.17) is 16.3 Å². The van der Waals surface area contributed by atoms with Gasteiger partial charge in [0.15, 0.2) is 5.16 Å². The summed E-state index contributed by atoms with van der Waals surface area (Å²) in [7, 11) is 0. The normalized spacial score (nSPS) is 10.1. The molecule has 0 fully saturated rings. The molecular formula is C10H8ClN3OS. The quantitative estimate of drug-likeness (QED) is 0.478. The molecule has 0 unspecified atom stereocenters.